The molecule has 114 valence electrons. The first kappa shape index (κ1) is 15.1. The summed E-state index contributed by atoms with van der Waals surface area (Å²) in [7, 11) is 0. The van der Waals surface area contributed by atoms with Crippen LogP contribution in [0.25, 0.3) is 0 Å². The zero-order valence-corrected chi connectivity index (χ0v) is 12.5. The number of carboxylic acids is 1. The lowest BCUT2D eigenvalue weighted by Gasteiger charge is -2.30. The van der Waals surface area contributed by atoms with Gasteiger partial charge in [-0.2, -0.15) is 0 Å². The predicted molar refractivity (Wildman–Crippen MR) is 76.5 cm³/mol. The van der Waals surface area contributed by atoms with E-state index in [2.05, 4.69) is 12.2 Å². The predicted octanol–water partition coefficient (Wildman–Crippen LogP) is 2.46. The van der Waals surface area contributed by atoms with E-state index in [4.69, 9.17) is 0 Å². The van der Waals surface area contributed by atoms with E-state index in [1.807, 2.05) is 6.92 Å². The molecule has 0 radical (unpaired) electrons. The molecule has 3 unspecified atom stereocenters. The number of carboxylic acid groups (broad SMARTS) is 1. The second kappa shape index (κ2) is 6.46. The number of nitrogens with zero attached hydrogens (tertiary/aromatic N) is 1. The summed E-state index contributed by atoms with van der Waals surface area (Å²) in [5.74, 6) is -0.320. The van der Waals surface area contributed by atoms with Crippen LogP contribution in [0.2, 0.25) is 0 Å². The molecule has 5 heteroatoms. The van der Waals surface area contributed by atoms with Gasteiger partial charge in [-0.3, -0.25) is 0 Å². The molecule has 2 fully saturated rings. The molecule has 2 N–H and O–H groups in total. The molecule has 1 heterocycles. The van der Waals surface area contributed by atoms with Crippen molar-refractivity contribution >= 4 is 12.0 Å². The number of aliphatic carboxylic acids is 1. The summed E-state index contributed by atoms with van der Waals surface area (Å²) in [6, 6.07) is -0.739. The lowest BCUT2D eigenvalue weighted by molar-refractivity contribution is -0.141. The highest BCUT2D eigenvalue weighted by atomic mass is 16.4. The SMILES string of the molecule is CC1CC(C)N(C(=O)NC(C(=O)O)C2CCCCC2)C1. The summed E-state index contributed by atoms with van der Waals surface area (Å²) >= 11 is 0. The van der Waals surface area contributed by atoms with Crippen molar-refractivity contribution < 1.29 is 14.7 Å². The van der Waals surface area contributed by atoms with Crippen molar-refractivity contribution in [1.82, 2.24) is 10.2 Å². The number of hydrogen-bond donors (Lipinski definition) is 2. The van der Waals surface area contributed by atoms with Gasteiger partial charge in [0.2, 0.25) is 0 Å². The van der Waals surface area contributed by atoms with E-state index in [1.54, 1.807) is 4.90 Å². The highest BCUT2D eigenvalue weighted by Crippen LogP contribution is 2.27. The van der Waals surface area contributed by atoms with E-state index >= 15 is 0 Å². The Morgan fingerprint density at radius 3 is 2.35 bits per heavy atom. The van der Waals surface area contributed by atoms with Crippen LogP contribution in [0.4, 0.5) is 4.79 Å². The fourth-order valence-corrected chi connectivity index (χ4v) is 3.65. The van der Waals surface area contributed by atoms with Crippen molar-refractivity contribution in [3.05, 3.63) is 0 Å². The molecule has 1 saturated carbocycles. The first-order valence-corrected chi connectivity index (χ1v) is 7.79. The molecule has 0 aromatic heterocycles. The Morgan fingerprint density at radius 2 is 1.85 bits per heavy atom. The van der Waals surface area contributed by atoms with Crippen LogP contribution in [0, 0.1) is 11.8 Å². The first-order chi connectivity index (χ1) is 9.49. The van der Waals surface area contributed by atoms with E-state index in [9.17, 15) is 14.7 Å². The molecule has 3 atom stereocenters. The number of rotatable bonds is 3. The van der Waals surface area contributed by atoms with E-state index < -0.39 is 12.0 Å². The van der Waals surface area contributed by atoms with Crippen molar-refractivity contribution in [1.29, 1.82) is 0 Å². The van der Waals surface area contributed by atoms with Crippen molar-refractivity contribution in [2.24, 2.45) is 11.8 Å². The summed E-state index contributed by atoms with van der Waals surface area (Å²) in [6.45, 7) is 4.88. The Morgan fingerprint density at radius 1 is 1.20 bits per heavy atom. The fraction of sp³-hybridized carbons (Fsp3) is 0.867. The third kappa shape index (κ3) is 3.44. The highest BCUT2D eigenvalue weighted by Gasteiger charge is 2.35. The van der Waals surface area contributed by atoms with Gasteiger partial charge in [0.1, 0.15) is 6.04 Å². The normalized spacial score (nSPS) is 29.2. The molecule has 2 amide bonds. The minimum Gasteiger partial charge on any atom is -0.480 e. The molecule has 0 bridgehead atoms. The van der Waals surface area contributed by atoms with Crippen LogP contribution in [-0.2, 0) is 4.79 Å². The van der Waals surface area contributed by atoms with Gasteiger partial charge in [-0.25, -0.2) is 9.59 Å². The quantitative estimate of drug-likeness (QED) is 0.835. The maximum Gasteiger partial charge on any atom is 0.326 e. The molecule has 1 aliphatic heterocycles. The fourth-order valence-electron chi connectivity index (χ4n) is 3.65. The van der Waals surface area contributed by atoms with Gasteiger partial charge in [0, 0.05) is 12.6 Å². The second-order valence-electron chi connectivity index (χ2n) is 6.51. The number of amides is 2. The number of nitrogens with one attached hydrogen (secondary N) is 1. The average Bonchev–Trinajstić information content (AvgIpc) is 2.75. The van der Waals surface area contributed by atoms with Crippen molar-refractivity contribution in [2.45, 2.75) is 64.5 Å². The van der Waals surface area contributed by atoms with E-state index in [1.165, 1.54) is 6.42 Å². The van der Waals surface area contributed by atoms with Gasteiger partial charge in [-0.15, -0.1) is 0 Å². The maximum absolute atomic E-state index is 12.3. The molecular weight excluding hydrogens is 256 g/mol. The summed E-state index contributed by atoms with van der Waals surface area (Å²) in [5, 5.41) is 12.2. The molecule has 5 nitrogen and oxygen atoms in total. The van der Waals surface area contributed by atoms with E-state index in [0.29, 0.717) is 5.92 Å². The van der Waals surface area contributed by atoms with E-state index in [0.717, 1.165) is 38.6 Å². The Labute approximate surface area is 120 Å². The Kier molecular flexibility index (Phi) is 4.89. The molecule has 1 saturated heterocycles. The summed E-state index contributed by atoms with van der Waals surface area (Å²) in [6.07, 6.45) is 6.13. The number of urea groups is 1. The van der Waals surface area contributed by atoms with Crippen LogP contribution < -0.4 is 5.32 Å². The molecule has 20 heavy (non-hydrogen) atoms. The van der Waals surface area contributed by atoms with Crippen molar-refractivity contribution in [3.63, 3.8) is 0 Å². The molecular formula is C15H26N2O3. The Balaban J connectivity index is 1.97. The number of likely N-dealkylation sites (tertiary alicyclic amines) is 1. The van der Waals surface area contributed by atoms with Crippen LogP contribution in [-0.4, -0.2) is 40.6 Å². The average molecular weight is 282 g/mol. The summed E-state index contributed by atoms with van der Waals surface area (Å²) < 4.78 is 0. The van der Waals surface area contributed by atoms with E-state index in [-0.39, 0.29) is 18.0 Å². The zero-order valence-electron chi connectivity index (χ0n) is 12.5. The van der Waals surface area contributed by atoms with Crippen LogP contribution in [0.3, 0.4) is 0 Å². The van der Waals surface area contributed by atoms with Crippen molar-refractivity contribution in [3.8, 4) is 0 Å². The van der Waals surface area contributed by atoms with Crippen LogP contribution in [0.15, 0.2) is 0 Å². The Bertz CT molecular complexity index is 366. The molecule has 2 aliphatic rings. The molecule has 1 aliphatic carbocycles. The smallest absolute Gasteiger partial charge is 0.326 e. The van der Waals surface area contributed by atoms with Crippen LogP contribution in [0.5, 0.6) is 0 Å². The highest BCUT2D eigenvalue weighted by molar-refractivity contribution is 5.83. The minimum atomic E-state index is -0.898. The third-order valence-corrected chi connectivity index (χ3v) is 4.71. The Hall–Kier alpha value is -1.26. The zero-order chi connectivity index (χ0) is 14.7. The standard InChI is InChI=1S/C15H26N2O3/c1-10-8-11(2)17(9-10)15(20)16-13(14(18)19)12-6-4-3-5-7-12/h10-13H,3-9H2,1-2H3,(H,16,20)(H,18,19). The second-order valence-corrected chi connectivity index (χ2v) is 6.51. The minimum absolute atomic E-state index is 0.0838. The van der Waals surface area contributed by atoms with Gasteiger partial charge in [-0.05, 0) is 38.0 Å². The topological polar surface area (TPSA) is 69.6 Å². The van der Waals surface area contributed by atoms with Gasteiger partial charge in [0.05, 0.1) is 0 Å². The van der Waals surface area contributed by atoms with Gasteiger partial charge in [0.25, 0.3) is 0 Å². The molecule has 0 spiro atoms. The molecule has 2 rings (SSSR count). The third-order valence-electron chi connectivity index (χ3n) is 4.71. The van der Waals surface area contributed by atoms with Crippen LogP contribution >= 0.6 is 0 Å². The molecule has 0 aromatic carbocycles. The lowest BCUT2D eigenvalue weighted by atomic mass is 9.84. The van der Waals surface area contributed by atoms with Gasteiger partial charge < -0.3 is 15.3 Å². The van der Waals surface area contributed by atoms with Crippen molar-refractivity contribution in [2.75, 3.05) is 6.54 Å². The van der Waals surface area contributed by atoms with Gasteiger partial charge >= 0.3 is 12.0 Å². The number of carbonyl (C=O) groups excluding carboxylic acids is 1. The van der Waals surface area contributed by atoms with Crippen LogP contribution in [0.1, 0.15) is 52.4 Å². The van der Waals surface area contributed by atoms with Gasteiger partial charge in [-0.1, -0.05) is 26.2 Å². The largest absolute Gasteiger partial charge is 0.480 e. The lowest BCUT2D eigenvalue weighted by Crippen LogP contribution is -2.52. The monoisotopic (exact) mass is 282 g/mol. The maximum atomic E-state index is 12.3. The first-order valence-electron chi connectivity index (χ1n) is 7.79. The van der Waals surface area contributed by atoms with Gasteiger partial charge in [0.15, 0.2) is 0 Å². The summed E-state index contributed by atoms with van der Waals surface area (Å²) in [4.78, 5) is 25.6. The molecule has 0 aromatic rings. The summed E-state index contributed by atoms with van der Waals surface area (Å²) in [5.41, 5.74) is 0. The number of carbonyl (C=O) groups is 2. The number of hydrogen-bond acceptors (Lipinski definition) is 2.